The molecule has 2 heteroatoms. The second-order valence-corrected chi connectivity index (χ2v) is 4.38. The molecule has 0 amide bonds. The van der Waals surface area contributed by atoms with Crippen molar-refractivity contribution in [2.45, 2.75) is 64.6 Å². The smallest absolute Gasteiger partial charge is 0.0526 e. The lowest BCUT2D eigenvalue weighted by molar-refractivity contribution is 0.111. The fourth-order valence-electron chi connectivity index (χ4n) is 2.51. The van der Waals surface area contributed by atoms with Gasteiger partial charge in [-0.05, 0) is 46.1 Å². The summed E-state index contributed by atoms with van der Waals surface area (Å²) in [6, 6.07) is 1.32. The lowest BCUT2D eigenvalue weighted by atomic mass is 10.1. The summed E-state index contributed by atoms with van der Waals surface area (Å²) >= 11 is 0. The predicted molar refractivity (Wildman–Crippen MR) is 55.8 cm³/mol. The largest absolute Gasteiger partial charge is 0.393 e. The Morgan fingerprint density at radius 2 is 2.15 bits per heavy atom. The van der Waals surface area contributed by atoms with E-state index >= 15 is 0 Å². The molecule has 0 aliphatic carbocycles. The summed E-state index contributed by atoms with van der Waals surface area (Å²) in [6.45, 7) is 7.61. The van der Waals surface area contributed by atoms with Crippen LogP contribution >= 0.6 is 0 Å². The highest BCUT2D eigenvalue weighted by Gasteiger charge is 2.27. The molecule has 1 rings (SSSR count). The lowest BCUT2D eigenvalue weighted by Gasteiger charge is -2.30. The van der Waals surface area contributed by atoms with E-state index in [0.717, 1.165) is 12.5 Å². The van der Waals surface area contributed by atoms with Gasteiger partial charge in [0.15, 0.2) is 0 Å². The number of nitrogens with zero attached hydrogens (tertiary/aromatic N) is 1. The van der Waals surface area contributed by atoms with Gasteiger partial charge in [-0.1, -0.05) is 6.92 Å². The Morgan fingerprint density at radius 3 is 2.69 bits per heavy atom. The van der Waals surface area contributed by atoms with E-state index in [4.69, 9.17) is 0 Å². The molecule has 3 atom stereocenters. The van der Waals surface area contributed by atoms with Crippen LogP contribution in [0.4, 0.5) is 0 Å². The third kappa shape index (κ3) is 2.96. The molecule has 0 bridgehead atoms. The molecule has 13 heavy (non-hydrogen) atoms. The molecule has 0 radical (unpaired) electrons. The molecule has 1 saturated heterocycles. The summed E-state index contributed by atoms with van der Waals surface area (Å²) in [6.07, 6.45) is 4.69. The van der Waals surface area contributed by atoms with Gasteiger partial charge in [0, 0.05) is 12.1 Å². The number of hydrogen-bond donors (Lipinski definition) is 1. The molecule has 0 saturated carbocycles. The van der Waals surface area contributed by atoms with Crippen LogP contribution in [0.25, 0.3) is 0 Å². The zero-order valence-corrected chi connectivity index (χ0v) is 9.16. The van der Waals surface area contributed by atoms with Crippen molar-refractivity contribution in [2.24, 2.45) is 0 Å². The third-order valence-electron chi connectivity index (χ3n) is 3.14. The molecule has 0 spiro atoms. The van der Waals surface area contributed by atoms with Gasteiger partial charge in [0.1, 0.15) is 0 Å². The van der Waals surface area contributed by atoms with Gasteiger partial charge in [0.25, 0.3) is 0 Å². The summed E-state index contributed by atoms with van der Waals surface area (Å²) in [7, 11) is 0. The maximum atomic E-state index is 9.32. The van der Waals surface area contributed by atoms with Gasteiger partial charge in [-0.3, -0.25) is 4.90 Å². The molecule has 1 N–H and O–H groups in total. The maximum Gasteiger partial charge on any atom is 0.0526 e. The summed E-state index contributed by atoms with van der Waals surface area (Å²) < 4.78 is 0. The van der Waals surface area contributed by atoms with Crippen molar-refractivity contribution in [1.29, 1.82) is 0 Å². The second kappa shape index (κ2) is 4.97. The fourth-order valence-corrected chi connectivity index (χ4v) is 2.51. The number of rotatable bonds is 4. The van der Waals surface area contributed by atoms with Crippen LogP contribution in [0.1, 0.15) is 46.5 Å². The average molecular weight is 185 g/mol. The van der Waals surface area contributed by atoms with Crippen LogP contribution in [0.5, 0.6) is 0 Å². The van der Waals surface area contributed by atoms with Crippen LogP contribution < -0.4 is 0 Å². The Kier molecular flexibility index (Phi) is 4.20. The highest BCUT2D eigenvalue weighted by molar-refractivity contribution is 4.82. The SMILES string of the molecule is CCC1CCCN1C(C)CC(C)O. The fraction of sp³-hybridized carbons (Fsp3) is 1.00. The van der Waals surface area contributed by atoms with Gasteiger partial charge in [-0.25, -0.2) is 0 Å². The van der Waals surface area contributed by atoms with E-state index in [9.17, 15) is 5.11 Å². The van der Waals surface area contributed by atoms with Crippen LogP contribution in [0, 0.1) is 0 Å². The van der Waals surface area contributed by atoms with Crippen molar-refractivity contribution >= 4 is 0 Å². The first-order valence-electron chi connectivity index (χ1n) is 5.59. The van der Waals surface area contributed by atoms with Gasteiger partial charge in [0.05, 0.1) is 6.10 Å². The molecule has 2 nitrogen and oxygen atoms in total. The van der Waals surface area contributed by atoms with Crippen LogP contribution in [-0.4, -0.2) is 34.7 Å². The van der Waals surface area contributed by atoms with E-state index < -0.39 is 0 Å². The van der Waals surface area contributed by atoms with E-state index in [1.54, 1.807) is 0 Å². The Morgan fingerprint density at radius 1 is 1.46 bits per heavy atom. The first-order valence-corrected chi connectivity index (χ1v) is 5.59. The molecule has 1 aliphatic heterocycles. The molecule has 0 aromatic rings. The van der Waals surface area contributed by atoms with E-state index in [1.807, 2.05) is 6.92 Å². The van der Waals surface area contributed by atoms with E-state index in [-0.39, 0.29) is 6.10 Å². The summed E-state index contributed by atoms with van der Waals surface area (Å²) in [5.74, 6) is 0. The van der Waals surface area contributed by atoms with Crippen molar-refractivity contribution in [3.63, 3.8) is 0 Å². The van der Waals surface area contributed by atoms with Gasteiger partial charge in [0.2, 0.25) is 0 Å². The summed E-state index contributed by atoms with van der Waals surface area (Å²) in [5.41, 5.74) is 0. The minimum atomic E-state index is -0.159. The van der Waals surface area contributed by atoms with Gasteiger partial charge >= 0.3 is 0 Å². The highest BCUT2D eigenvalue weighted by Crippen LogP contribution is 2.23. The van der Waals surface area contributed by atoms with Crippen molar-refractivity contribution in [1.82, 2.24) is 4.90 Å². The molecule has 3 unspecified atom stereocenters. The van der Waals surface area contributed by atoms with Crippen molar-refractivity contribution in [3.05, 3.63) is 0 Å². The second-order valence-electron chi connectivity index (χ2n) is 4.38. The van der Waals surface area contributed by atoms with E-state index in [0.29, 0.717) is 6.04 Å². The lowest BCUT2D eigenvalue weighted by Crippen LogP contribution is -2.38. The monoisotopic (exact) mass is 185 g/mol. The quantitative estimate of drug-likeness (QED) is 0.724. The Hall–Kier alpha value is -0.0800. The van der Waals surface area contributed by atoms with Crippen LogP contribution in [0.3, 0.4) is 0 Å². The minimum Gasteiger partial charge on any atom is -0.393 e. The number of aliphatic hydroxyl groups excluding tert-OH is 1. The van der Waals surface area contributed by atoms with E-state index in [1.165, 1.54) is 25.8 Å². The van der Waals surface area contributed by atoms with Gasteiger partial charge in [-0.2, -0.15) is 0 Å². The van der Waals surface area contributed by atoms with Gasteiger partial charge < -0.3 is 5.11 Å². The Balaban J connectivity index is 2.40. The standard InChI is InChI=1S/C11H23NO/c1-4-11-6-5-7-12(11)9(2)8-10(3)13/h9-11,13H,4-8H2,1-3H3. The first kappa shape index (κ1) is 11.0. The molecule has 1 aliphatic rings. The first-order chi connectivity index (χ1) is 6.15. The maximum absolute atomic E-state index is 9.32. The third-order valence-corrected chi connectivity index (χ3v) is 3.14. The molecule has 78 valence electrons. The normalized spacial score (nSPS) is 29.1. The van der Waals surface area contributed by atoms with Crippen LogP contribution in [0.15, 0.2) is 0 Å². The van der Waals surface area contributed by atoms with Gasteiger partial charge in [-0.15, -0.1) is 0 Å². The zero-order chi connectivity index (χ0) is 9.84. The average Bonchev–Trinajstić information content (AvgIpc) is 2.49. The predicted octanol–water partition coefficient (Wildman–Crippen LogP) is 2.02. The molecular formula is C11H23NO. The molecular weight excluding hydrogens is 162 g/mol. The molecule has 0 aromatic carbocycles. The number of aliphatic hydroxyl groups is 1. The summed E-state index contributed by atoms with van der Waals surface area (Å²) in [4.78, 5) is 2.56. The highest BCUT2D eigenvalue weighted by atomic mass is 16.3. The number of likely N-dealkylation sites (tertiary alicyclic amines) is 1. The molecule has 1 heterocycles. The minimum absolute atomic E-state index is 0.159. The van der Waals surface area contributed by atoms with E-state index in [2.05, 4.69) is 18.7 Å². The van der Waals surface area contributed by atoms with Crippen molar-refractivity contribution in [2.75, 3.05) is 6.54 Å². The number of hydrogen-bond acceptors (Lipinski definition) is 2. The molecule has 1 fully saturated rings. The van der Waals surface area contributed by atoms with Crippen molar-refractivity contribution in [3.8, 4) is 0 Å². The Bertz CT molecular complexity index is 147. The Labute approximate surface area is 81.9 Å². The zero-order valence-electron chi connectivity index (χ0n) is 9.16. The van der Waals surface area contributed by atoms with Crippen LogP contribution in [0.2, 0.25) is 0 Å². The van der Waals surface area contributed by atoms with Crippen LogP contribution in [-0.2, 0) is 0 Å². The summed E-state index contributed by atoms with van der Waals surface area (Å²) in [5, 5.41) is 9.32. The topological polar surface area (TPSA) is 23.5 Å². The molecule has 0 aromatic heterocycles. The van der Waals surface area contributed by atoms with Crippen molar-refractivity contribution < 1.29 is 5.11 Å².